The van der Waals surface area contributed by atoms with Crippen LogP contribution in [0.15, 0.2) is 18.2 Å². The van der Waals surface area contributed by atoms with Crippen LogP contribution in [0, 0.1) is 22.7 Å². The molecular formula is C9H3F3N2O3S. The van der Waals surface area contributed by atoms with Crippen LogP contribution in [0.2, 0.25) is 0 Å². The summed E-state index contributed by atoms with van der Waals surface area (Å²) in [4.78, 5) is 0. The van der Waals surface area contributed by atoms with Crippen LogP contribution < -0.4 is 4.18 Å². The zero-order valence-corrected chi connectivity index (χ0v) is 9.21. The second-order valence-corrected chi connectivity index (χ2v) is 4.42. The Morgan fingerprint density at radius 3 is 2.22 bits per heavy atom. The molecule has 1 aromatic rings. The van der Waals surface area contributed by atoms with E-state index < -0.39 is 26.9 Å². The van der Waals surface area contributed by atoms with Crippen molar-refractivity contribution in [3.05, 3.63) is 29.3 Å². The molecule has 0 bridgehead atoms. The molecule has 0 radical (unpaired) electrons. The summed E-state index contributed by atoms with van der Waals surface area (Å²) in [6, 6.07) is 6.03. The molecule has 0 amide bonds. The van der Waals surface area contributed by atoms with E-state index in [0.29, 0.717) is 0 Å². The van der Waals surface area contributed by atoms with Crippen molar-refractivity contribution < 1.29 is 25.8 Å². The Hall–Kier alpha value is -2.26. The van der Waals surface area contributed by atoms with Gasteiger partial charge in [-0.1, -0.05) is 6.07 Å². The van der Waals surface area contributed by atoms with Crippen LogP contribution >= 0.6 is 0 Å². The van der Waals surface area contributed by atoms with Crippen LogP contribution in [0.1, 0.15) is 11.1 Å². The van der Waals surface area contributed by atoms with Gasteiger partial charge >= 0.3 is 15.6 Å². The summed E-state index contributed by atoms with van der Waals surface area (Å²) < 4.78 is 61.5. The summed E-state index contributed by atoms with van der Waals surface area (Å²) in [5, 5.41) is 17.3. The summed E-state index contributed by atoms with van der Waals surface area (Å²) >= 11 is 0. The van der Waals surface area contributed by atoms with E-state index in [9.17, 15) is 21.6 Å². The van der Waals surface area contributed by atoms with Crippen LogP contribution in [-0.2, 0) is 10.1 Å². The van der Waals surface area contributed by atoms with Crippen molar-refractivity contribution in [1.29, 1.82) is 10.5 Å². The van der Waals surface area contributed by atoms with Gasteiger partial charge in [0.05, 0.1) is 5.56 Å². The highest BCUT2D eigenvalue weighted by Gasteiger charge is 2.48. The maximum absolute atomic E-state index is 12.1. The molecule has 94 valence electrons. The van der Waals surface area contributed by atoms with Gasteiger partial charge in [-0.2, -0.15) is 32.1 Å². The average Bonchev–Trinajstić information content (AvgIpc) is 2.26. The van der Waals surface area contributed by atoms with Gasteiger partial charge in [-0.05, 0) is 12.1 Å². The Labute approximate surface area is 99.8 Å². The molecule has 0 N–H and O–H groups in total. The van der Waals surface area contributed by atoms with Crippen molar-refractivity contribution in [1.82, 2.24) is 0 Å². The molecule has 0 aliphatic heterocycles. The second kappa shape index (κ2) is 4.55. The summed E-state index contributed by atoms with van der Waals surface area (Å²) in [6.07, 6.45) is 0. The Kier molecular flexibility index (Phi) is 3.49. The van der Waals surface area contributed by atoms with Crippen LogP contribution in [0.25, 0.3) is 0 Å². The third-order valence-corrected chi connectivity index (χ3v) is 2.71. The summed E-state index contributed by atoms with van der Waals surface area (Å²) in [6.45, 7) is 0. The molecule has 0 aliphatic carbocycles. The smallest absolute Gasteiger partial charge is 0.375 e. The molecule has 1 aromatic carbocycles. The van der Waals surface area contributed by atoms with Crippen molar-refractivity contribution in [3.8, 4) is 17.9 Å². The van der Waals surface area contributed by atoms with Crippen LogP contribution in [0.5, 0.6) is 5.75 Å². The maximum Gasteiger partial charge on any atom is 0.534 e. The third kappa shape index (κ3) is 2.52. The minimum Gasteiger partial charge on any atom is -0.375 e. The molecule has 9 heteroatoms. The van der Waals surface area contributed by atoms with E-state index in [2.05, 4.69) is 4.18 Å². The number of hydrogen-bond donors (Lipinski definition) is 0. The number of nitriles is 2. The molecule has 0 unspecified atom stereocenters. The molecule has 0 aliphatic rings. The highest BCUT2D eigenvalue weighted by molar-refractivity contribution is 7.88. The number of nitrogens with zero attached hydrogens (tertiary/aromatic N) is 2. The number of benzene rings is 1. The molecule has 1 rings (SSSR count). The maximum atomic E-state index is 12.1. The summed E-state index contributed by atoms with van der Waals surface area (Å²) in [5.41, 5.74) is -6.47. The van der Waals surface area contributed by atoms with E-state index in [0.717, 1.165) is 18.2 Å². The van der Waals surface area contributed by atoms with Crippen molar-refractivity contribution in [2.45, 2.75) is 5.51 Å². The number of hydrogen-bond acceptors (Lipinski definition) is 5. The Bertz CT molecular complexity index is 653. The standard InChI is InChI=1S/C9H3F3N2O3S/c10-9(11,12)18(15,16)17-8-3-1-2-6(4-13)7(8)5-14/h1-3H. The lowest BCUT2D eigenvalue weighted by atomic mass is 10.1. The Morgan fingerprint density at radius 1 is 1.17 bits per heavy atom. The van der Waals surface area contributed by atoms with Crippen molar-refractivity contribution in [3.63, 3.8) is 0 Å². The highest BCUT2D eigenvalue weighted by Crippen LogP contribution is 2.29. The first-order valence-corrected chi connectivity index (χ1v) is 5.57. The summed E-state index contributed by atoms with van der Waals surface area (Å²) in [5.74, 6) is -0.839. The number of alkyl halides is 3. The molecule has 18 heavy (non-hydrogen) atoms. The van der Waals surface area contributed by atoms with Gasteiger partial charge in [0.2, 0.25) is 0 Å². The Balaban J connectivity index is 3.32. The monoisotopic (exact) mass is 276 g/mol. The lowest BCUT2D eigenvalue weighted by molar-refractivity contribution is -0.0500. The van der Waals surface area contributed by atoms with Crippen molar-refractivity contribution >= 4 is 10.1 Å². The first-order chi connectivity index (χ1) is 8.23. The molecule has 0 atom stereocenters. The van der Waals surface area contributed by atoms with E-state index in [1.54, 1.807) is 0 Å². The first kappa shape index (κ1) is 13.8. The minimum absolute atomic E-state index is 0.285. The molecule has 0 saturated carbocycles. The van der Waals surface area contributed by atoms with Crippen LogP contribution in [0.4, 0.5) is 13.2 Å². The number of rotatable bonds is 2. The molecule has 5 nitrogen and oxygen atoms in total. The summed E-state index contributed by atoms with van der Waals surface area (Å²) in [7, 11) is -5.87. The fourth-order valence-electron chi connectivity index (χ4n) is 0.975. The van der Waals surface area contributed by atoms with E-state index in [1.807, 2.05) is 0 Å². The van der Waals surface area contributed by atoms with Gasteiger partial charge in [-0.25, -0.2) is 0 Å². The van der Waals surface area contributed by atoms with E-state index in [-0.39, 0.29) is 5.56 Å². The fourth-order valence-corrected chi connectivity index (χ4v) is 1.44. The minimum atomic E-state index is -5.87. The first-order valence-electron chi connectivity index (χ1n) is 4.17. The van der Waals surface area contributed by atoms with Crippen LogP contribution in [-0.4, -0.2) is 13.9 Å². The largest absolute Gasteiger partial charge is 0.534 e. The van der Waals surface area contributed by atoms with Gasteiger partial charge in [-0.15, -0.1) is 0 Å². The molecular weight excluding hydrogens is 273 g/mol. The lowest BCUT2D eigenvalue weighted by Gasteiger charge is -2.10. The molecule has 0 saturated heterocycles. The van der Waals surface area contributed by atoms with Gasteiger partial charge < -0.3 is 4.18 Å². The van der Waals surface area contributed by atoms with Gasteiger partial charge in [0, 0.05) is 0 Å². The molecule has 0 heterocycles. The van der Waals surface area contributed by atoms with E-state index in [4.69, 9.17) is 10.5 Å². The third-order valence-electron chi connectivity index (χ3n) is 1.74. The van der Waals surface area contributed by atoms with Crippen molar-refractivity contribution in [2.75, 3.05) is 0 Å². The molecule has 0 fully saturated rings. The van der Waals surface area contributed by atoms with Crippen molar-refractivity contribution in [2.24, 2.45) is 0 Å². The van der Waals surface area contributed by atoms with E-state index in [1.165, 1.54) is 12.1 Å². The number of halogens is 3. The lowest BCUT2D eigenvalue weighted by Crippen LogP contribution is -2.28. The second-order valence-electron chi connectivity index (χ2n) is 2.89. The quantitative estimate of drug-likeness (QED) is 0.605. The zero-order valence-electron chi connectivity index (χ0n) is 8.39. The predicted molar refractivity (Wildman–Crippen MR) is 51.5 cm³/mol. The van der Waals surface area contributed by atoms with E-state index >= 15 is 0 Å². The molecule has 0 spiro atoms. The van der Waals surface area contributed by atoms with Crippen LogP contribution in [0.3, 0.4) is 0 Å². The van der Waals surface area contributed by atoms with Gasteiger partial charge in [0.15, 0.2) is 5.75 Å². The van der Waals surface area contributed by atoms with Gasteiger partial charge in [-0.3, -0.25) is 0 Å². The predicted octanol–water partition coefficient (Wildman–Crippen LogP) is 1.66. The highest BCUT2D eigenvalue weighted by atomic mass is 32.2. The SMILES string of the molecule is N#Cc1cccc(OS(=O)(=O)C(F)(F)F)c1C#N. The fraction of sp³-hybridized carbons (Fsp3) is 0.111. The normalized spacial score (nSPS) is 11.4. The topological polar surface area (TPSA) is 90.9 Å². The Morgan fingerprint density at radius 2 is 1.78 bits per heavy atom. The van der Waals surface area contributed by atoms with Gasteiger partial charge in [0.1, 0.15) is 17.7 Å². The molecule has 0 aromatic heterocycles. The van der Waals surface area contributed by atoms with Gasteiger partial charge in [0.25, 0.3) is 0 Å². The zero-order chi connectivity index (χ0) is 14.0. The average molecular weight is 276 g/mol.